The molecule has 0 aliphatic carbocycles. The number of piperazine rings is 1. The normalized spacial score (nSPS) is 14.5. The van der Waals surface area contributed by atoms with E-state index in [4.69, 9.17) is 10.2 Å². The second kappa shape index (κ2) is 7.79. The van der Waals surface area contributed by atoms with E-state index in [2.05, 4.69) is 0 Å². The fraction of sp³-hybridized carbons (Fsp3) is 0.294. The van der Waals surface area contributed by atoms with E-state index in [9.17, 15) is 9.59 Å². The Bertz CT molecular complexity index is 896. The van der Waals surface area contributed by atoms with Crippen LogP contribution < -0.4 is 5.73 Å². The number of hydrogen-bond acceptors (Lipinski definition) is 6. The summed E-state index contributed by atoms with van der Waals surface area (Å²) in [5, 5.41) is 2.03. The SMILES string of the molecule is Cl.NCc1cc(C(=O)N2CCN(C(=O)c3cc4sccc4s3)CC2)co1. The Morgan fingerprint density at radius 2 is 1.77 bits per heavy atom. The average molecular weight is 412 g/mol. The smallest absolute Gasteiger partial charge is 0.264 e. The Balaban J connectivity index is 0.00000196. The molecule has 2 amide bonds. The summed E-state index contributed by atoms with van der Waals surface area (Å²) in [4.78, 5) is 29.5. The number of amides is 2. The molecule has 0 radical (unpaired) electrons. The van der Waals surface area contributed by atoms with Crippen molar-refractivity contribution in [2.45, 2.75) is 6.54 Å². The van der Waals surface area contributed by atoms with E-state index in [-0.39, 0.29) is 30.8 Å². The molecule has 0 bridgehead atoms. The van der Waals surface area contributed by atoms with Crippen LogP contribution in [0.4, 0.5) is 0 Å². The third kappa shape index (κ3) is 3.50. The first kappa shape index (κ1) is 18.9. The molecule has 6 nitrogen and oxygen atoms in total. The predicted molar refractivity (Wildman–Crippen MR) is 105 cm³/mol. The van der Waals surface area contributed by atoms with Gasteiger partial charge < -0.3 is 20.0 Å². The number of carbonyl (C=O) groups is 2. The molecule has 1 aliphatic heterocycles. The number of thiophene rings is 2. The summed E-state index contributed by atoms with van der Waals surface area (Å²) >= 11 is 3.18. The zero-order valence-electron chi connectivity index (χ0n) is 13.8. The quantitative estimate of drug-likeness (QED) is 0.718. The lowest BCUT2D eigenvalue weighted by Crippen LogP contribution is -2.50. The van der Waals surface area contributed by atoms with Crippen LogP contribution in [0, 0.1) is 0 Å². The van der Waals surface area contributed by atoms with Crippen LogP contribution in [-0.4, -0.2) is 47.8 Å². The van der Waals surface area contributed by atoms with E-state index >= 15 is 0 Å². The maximum absolute atomic E-state index is 12.7. The third-order valence-electron chi connectivity index (χ3n) is 4.31. The van der Waals surface area contributed by atoms with Crippen LogP contribution in [0.25, 0.3) is 9.40 Å². The molecule has 2 N–H and O–H groups in total. The minimum absolute atomic E-state index is 0. The van der Waals surface area contributed by atoms with Gasteiger partial charge in [-0.25, -0.2) is 0 Å². The van der Waals surface area contributed by atoms with Crippen molar-refractivity contribution in [2.24, 2.45) is 5.73 Å². The Hall–Kier alpha value is -1.87. The number of nitrogens with zero attached hydrogens (tertiary/aromatic N) is 2. The zero-order valence-corrected chi connectivity index (χ0v) is 16.3. The Kier molecular flexibility index (Phi) is 5.67. The molecule has 0 saturated carbocycles. The van der Waals surface area contributed by atoms with Crippen molar-refractivity contribution in [1.29, 1.82) is 0 Å². The van der Waals surface area contributed by atoms with Crippen LogP contribution in [0.2, 0.25) is 0 Å². The molecule has 4 rings (SSSR count). The van der Waals surface area contributed by atoms with Gasteiger partial charge in [0.05, 0.1) is 17.0 Å². The van der Waals surface area contributed by atoms with Crippen molar-refractivity contribution in [3.05, 3.63) is 46.0 Å². The molecule has 1 fully saturated rings. The summed E-state index contributed by atoms with van der Waals surface area (Å²) in [6.45, 7) is 2.39. The van der Waals surface area contributed by atoms with E-state index in [1.165, 1.54) is 17.6 Å². The number of halogens is 1. The molecule has 26 heavy (non-hydrogen) atoms. The second-order valence-electron chi connectivity index (χ2n) is 5.85. The summed E-state index contributed by atoms with van der Waals surface area (Å²) in [5.74, 6) is 0.566. The summed E-state index contributed by atoms with van der Waals surface area (Å²) in [6.07, 6.45) is 1.44. The van der Waals surface area contributed by atoms with Gasteiger partial charge in [0, 0.05) is 35.6 Å². The maximum atomic E-state index is 12.7. The molecule has 0 aromatic carbocycles. The van der Waals surface area contributed by atoms with Crippen LogP contribution in [0.1, 0.15) is 25.8 Å². The first-order valence-electron chi connectivity index (χ1n) is 7.99. The molecular weight excluding hydrogens is 394 g/mol. The molecule has 1 aliphatic rings. The van der Waals surface area contributed by atoms with Gasteiger partial charge in [0.25, 0.3) is 11.8 Å². The van der Waals surface area contributed by atoms with Crippen molar-refractivity contribution in [3.63, 3.8) is 0 Å². The van der Waals surface area contributed by atoms with E-state index in [1.807, 2.05) is 22.4 Å². The lowest BCUT2D eigenvalue weighted by molar-refractivity contribution is 0.0537. The van der Waals surface area contributed by atoms with Gasteiger partial charge in [-0.15, -0.1) is 35.1 Å². The minimum atomic E-state index is -0.0767. The summed E-state index contributed by atoms with van der Waals surface area (Å²) < 4.78 is 7.53. The lowest BCUT2D eigenvalue weighted by Gasteiger charge is -2.34. The standard InChI is InChI=1S/C17H17N3O3S2.ClH/c18-9-12-7-11(10-23-12)16(21)19-2-4-20(5-3-19)17(22)15-8-14-13(25-15)1-6-24-14;/h1,6-8,10H,2-5,9,18H2;1H. The Morgan fingerprint density at radius 3 is 2.38 bits per heavy atom. The van der Waals surface area contributed by atoms with Crippen molar-refractivity contribution >= 4 is 56.3 Å². The van der Waals surface area contributed by atoms with E-state index in [0.717, 1.165) is 14.3 Å². The molecule has 9 heteroatoms. The van der Waals surface area contributed by atoms with Crippen LogP contribution in [-0.2, 0) is 6.54 Å². The number of furan rings is 1. The van der Waals surface area contributed by atoms with Crippen molar-refractivity contribution in [1.82, 2.24) is 9.80 Å². The van der Waals surface area contributed by atoms with Gasteiger partial charge in [-0.05, 0) is 23.6 Å². The summed E-state index contributed by atoms with van der Waals surface area (Å²) in [5.41, 5.74) is 6.02. The van der Waals surface area contributed by atoms with Crippen LogP contribution >= 0.6 is 35.1 Å². The van der Waals surface area contributed by atoms with Crippen LogP contribution in [0.3, 0.4) is 0 Å². The molecule has 0 spiro atoms. The van der Waals surface area contributed by atoms with Crippen molar-refractivity contribution < 1.29 is 14.0 Å². The zero-order chi connectivity index (χ0) is 17.4. The summed E-state index contributed by atoms with van der Waals surface area (Å²) in [6, 6.07) is 5.68. The van der Waals surface area contributed by atoms with Gasteiger partial charge in [0.15, 0.2) is 0 Å². The highest BCUT2D eigenvalue weighted by molar-refractivity contribution is 7.27. The molecule has 3 aromatic rings. The second-order valence-corrected chi connectivity index (χ2v) is 7.88. The fourth-order valence-corrected chi connectivity index (χ4v) is 5.00. The monoisotopic (exact) mass is 411 g/mol. The maximum Gasteiger partial charge on any atom is 0.264 e. The van der Waals surface area contributed by atoms with E-state index in [0.29, 0.717) is 37.5 Å². The van der Waals surface area contributed by atoms with E-state index < -0.39 is 0 Å². The van der Waals surface area contributed by atoms with Gasteiger partial charge in [-0.2, -0.15) is 0 Å². The molecule has 0 unspecified atom stereocenters. The highest BCUT2D eigenvalue weighted by Gasteiger charge is 2.27. The van der Waals surface area contributed by atoms with Gasteiger partial charge in [0.1, 0.15) is 12.0 Å². The lowest BCUT2D eigenvalue weighted by atomic mass is 10.2. The van der Waals surface area contributed by atoms with Gasteiger partial charge in [0.2, 0.25) is 0 Å². The first-order chi connectivity index (χ1) is 12.2. The highest BCUT2D eigenvalue weighted by atomic mass is 35.5. The largest absolute Gasteiger partial charge is 0.467 e. The Morgan fingerprint density at radius 1 is 1.08 bits per heavy atom. The topological polar surface area (TPSA) is 79.8 Å². The third-order valence-corrected chi connectivity index (χ3v) is 6.39. The van der Waals surface area contributed by atoms with E-state index in [1.54, 1.807) is 22.3 Å². The van der Waals surface area contributed by atoms with Gasteiger partial charge in [-0.1, -0.05) is 0 Å². The molecule has 1 saturated heterocycles. The van der Waals surface area contributed by atoms with Gasteiger partial charge in [-0.3, -0.25) is 9.59 Å². The van der Waals surface area contributed by atoms with Crippen LogP contribution in [0.5, 0.6) is 0 Å². The highest BCUT2D eigenvalue weighted by Crippen LogP contribution is 2.30. The first-order valence-corrected chi connectivity index (χ1v) is 9.68. The average Bonchev–Trinajstić information content (AvgIpc) is 3.35. The molecule has 0 atom stereocenters. The van der Waals surface area contributed by atoms with Crippen LogP contribution in [0.15, 0.2) is 34.3 Å². The fourth-order valence-electron chi connectivity index (χ4n) is 2.92. The Labute approximate surface area is 164 Å². The number of rotatable bonds is 3. The number of hydrogen-bond donors (Lipinski definition) is 1. The van der Waals surface area contributed by atoms with Gasteiger partial charge >= 0.3 is 0 Å². The molecular formula is C17H18ClN3O3S2. The summed E-state index contributed by atoms with van der Waals surface area (Å²) in [7, 11) is 0. The number of nitrogens with two attached hydrogens (primary N) is 1. The van der Waals surface area contributed by atoms with Crippen molar-refractivity contribution in [3.8, 4) is 0 Å². The molecule has 138 valence electrons. The molecule has 3 aromatic heterocycles. The number of fused-ring (bicyclic) bond motifs is 1. The van der Waals surface area contributed by atoms with Crippen molar-refractivity contribution in [2.75, 3.05) is 26.2 Å². The minimum Gasteiger partial charge on any atom is -0.467 e. The number of carbonyl (C=O) groups excluding carboxylic acids is 2. The predicted octanol–water partition coefficient (Wildman–Crippen LogP) is 3.03. The molecule has 4 heterocycles.